The first-order valence-electron chi connectivity index (χ1n) is 9.86. The summed E-state index contributed by atoms with van der Waals surface area (Å²) in [5.74, 6) is 3.86. The number of hydrogen-bond donors (Lipinski definition) is 0. The van der Waals surface area contributed by atoms with E-state index in [1.165, 1.54) is 0 Å². The van der Waals surface area contributed by atoms with E-state index in [9.17, 15) is 0 Å². The fourth-order valence-electron chi connectivity index (χ4n) is 4.03. The van der Waals surface area contributed by atoms with Gasteiger partial charge in [0.1, 0.15) is 24.8 Å². The molecule has 0 N–H and O–H groups in total. The van der Waals surface area contributed by atoms with E-state index in [0.29, 0.717) is 25.0 Å². The molecular weight excluding hydrogens is 370 g/mol. The number of ether oxygens (including phenoxy) is 3. The molecule has 2 aliphatic rings. The maximum Gasteiger partial charge on any atom is 0.225 e. The number of methoxy groups -OCH3 is 1. The van der Waals surface area contributed by atoms with E-state index in [2.05, 4.69) is 24.4 Å². The van der Waals surface area contributed by atoms with Gasteiger partial charge in [0.2, 0.25) is 5.95 Å². The standard InChI is InChI=1S/C21H23N5O3/c1-27-17-14-19-18(28-11-12-29-19)13-16(17)20-22-7-10-26(20)15-3-8-25(9-4-15)21-23-5-2-6-24-21/h2,5-7,10,13-15H,3-4,8-9,11-12H2,1H3. The first-order valence-corrected chi connectivity index (χ1v) is 9.86. The molecule has 4 heterocycles. The number of benzene rings is 1. The zero-order chi connectivity index (χ0) is 19.6. The van der Waals surface area contributed by atoms with E-state index < -0.39 is 0 Å². The highest BCUT2D eigenvalue weighted by Gasteiger charge is 2.26. The summed E-state index contributed by atoms with van der Waals surface area (Å²) >= 11 is 0. The number of piperidine rings is 1. The van der Waals surface area contributed by atoms with Crippen molar-refractivity contribution >= 4 is 5.95 Å². The topological polar surface area (TPSA) is 74.5 Å². The Morgan fingerprint density at radius 2 is 1.69 bits per heavy atom. The van der Waals surface area contributed by atoms with Crippen LogP contribution in [0, 0.1) is 0 Å². The lowest BCUT2D eigenvalue weighted by Crippen LogP contribution is -2.35. The minimum atomic E-state index is 0.352. The maximum absolute atomic E-state index is 5.77. The molecule has 1 saturated heterocycles. The summed E-state index contributed by atoms with van der Waals surface area (Å²) in [5.41, 5.74) is 0.913. The molecule has 0 amide bonds. The Bertz CT molecular complexity index is 983. The summed E-state index contributed by atoms with van der Waals surface area (Å²) < 4.78 is 19.3. The largest absolute Gasteiger partial charge is 0.496 e. The molecule has 5 rings (SSSR count). The van der Waals surface area contributed by atoms with Crippen molar-refractivity contribution in [3.05, 3.63) is 43.0 Å². The summed E-state index contributed by atoms with van der Waals surface area (Å²) in [6, 6.07) is 6.05. The van der Waals surface area contributed by atoms with Crippen molar-refractivity contribution in [3.63, 3.8) is 0 Å². The van der Waals surface area contributed by atoms with Crippen LogP contribution in [0.4, 0.5) is 5.95 Å². The predicted molar refractivity (Wildman–Crippen MR) is 108 cm³/mol. The van der Waals surface area contributed by atoms with Gasteiger partial charge in [0, 0.05) is 50.0 Å². The minimum absolute atomic E-state index is 0.352. The molecule has 150 valence electrons. The summed E-state index contributed by atoms with van der Waals surface area (Å²) in [5, 5.41) is 0. The Hall–Kier alpha value is -3.29. The van der Waals surface area contributed by atoms with Crippen LogP contribution >= 0.6 is 0 Å². The molecule has 2 aliphatic heterocycles. The highest BCUT2D eigenvalue weighted by atomic mass is 16.6. The second-order valence-electron chi connectivity index (χ2n) is 7.12. The van der Waals surface area contributed by atoms with Gasteiger partial charge in [-0.15, -0.1) is 0 Å². The lowest BCUT2D eigenvalue weighted by atomic mass is 10.0. The van der Waals surface area contributed by atoms with Crippen LogP contribution in [0.15, 0.2) is 43.0 Å². The smallest absolute Gasteiger partial charge is 0.225 e. The molecule has 1 fully saturated rings. The number of nitrogens with zero attached hydrogens (tertiary/aromatic N) is 5. The van der Waals surface area contributed by atoms with Crippen molar-refractivity contribution in [2.45, 2.75) is 18.9 Å². The van der Waals surface area contributed by atoms with Crippen LogP contribution < -0.4 is 19.1 Å². The lowest BCUT2D eigenvalue weighted by Gasteiger charge is -2.33. The summed E-state index contributed by atoms with van der Waals surface area (Å²) in [6.45, 7) is 2.91. The first-order chi connectivity index (χ1) is 14.3. The number of imidazole rings is 1. The minimum Gasteiger partial charge on any atom is -0.496 e. The molecule has 0 atom stereocenters. The maximum atomic E-state index is 5.77. The van der Waals surface area contributed by atoms with Crippen LogP contribution in [0.25, 0.3) is 11.4 Å². The molecule has 0 aliphatic carbocycles. The van der Waals surface area contributed by atoms with Gasteiger partial charge in [-0.05, 0) is 25.0 Å². The molecule has 0 spiro atoms. The zero-order valence-corrected chi connectivity index (χ0v) is 16.3. The van der Waals surface area contributed by atoms with Crippen LogP contribution in [0.1, 0.15) is 18.9 Å². The van der Waals surface area contributed by atoms with Gasteiger partial charge in [-0.3, -0.25) is 0 Å². The fourth-order valence-corrected chi connectivity index (χ4v) is 4.03. The van der Waals surface area contributed by atoms with Crippen LogP contribution in [-0.2, 0) is 0 Å². The molecule has 3 aromatic rings. The Morgan fingerprint density at radius 1 is 0.966 bits per heavy atom. The highest BCUT2D eigenvalue weighted by Crippen LogP contribution is 2.42. The average Bonchev–Trinajstić information content (AvgIpc) is 3.28. The average molecular weight is 393 g/mol. The number of aromatic nitrogens is 4. The Labute approximate surface area is 169 Å². The monoisotopic (exact) mass is 393 g/mol. The van der Waals surface area contributed by atoms with Crippen molar-refractivity contribution < 1.29 is 14.2 Å². The van der Waals surface area contributed by atoms with Gasteiger partial charge in [0.05, 0.1) is 12.7 Å². The van der Waals surface area contributed by atoms with E-state index in [0.717, 1.165) is 54.8 Å². The molecule has 1 aromatic carbocycles. The Kier molecular flexibility index (Phi) is 4.67. The van der Waals surface area contributed by atoms with Crippen molar-refractivity contribution in [2.24, 2.45) is 0 Å². The van der Waals surface area contributed by atoms with Gasteiger partial charge in [-0.2, -0.15) is 0 Å². The van der Waals surface area contributed by atoms with Crippen LogP contribution in [0.3, 0.4) is 0 Å². The number of rotatable bonds is 4. The van der Waals surface area contributed by atoms with Crippen molar-refractivity contribution in [1.29, 1.82) is 0 Å². The first kappa shape index (κ1) is 17.8. The lowest BCUT2D eigenvalue weighted by molar-refractivity contribution is 0.171. The molecule has 0 radical (unpaired) electrons. The van der Waals surface area contributed by atoms with E-state index in [4.69, 9.17) is 14.2 Å². The highest BCUT2D eigenvalue weighted by molar-refractivity contribution is 5.70. The van der Waals surface area contributed by atoms with E-state index >= 15 is 0 Å². The number of hydrogen-bond acceptors (Lipinski definition) is 7. The SMILES string of the molecule is COc1cc2c(cc1-c1nccn1C1CCN(c3ncccn3)CC1)OCCO2. The summed E-state index contributed by atoms with van der Waals surface area (Å²) in [7, 11) is 1.67. The van der Waals surface area contributed by atoms with E-state index in [-0.39, 0.29) is 0 Å². The van der Waals surface area contributed by atoms with Gasteiger partial charge in [0.15, 0.2) is 11.5 Å². The van der Waals surface area contributed by atoms with Crippen LogP contribution in [-0.4, -0.2) is 52.9 Å². The number of fused-ring (bicyclic) bond motifs is 1. The molecule has 0 unspecified atom stereocenters. The predicted octanol–water partition coefficient (Wildman–Crippen LogP) is 2.96. The van der Waals surface area contributed by atoms with Crippen LogP contribution in [0.5, 0.6) is 17.2 Å². The summed E-state index contributed by atoms with van der Waals surface area (Å²) in [6.07, 6.45) is 9.46. The zero-order valence-electron chi connectivity index (χ0n) is 16.3. The third-order valence-electron chi connectivity index (χ3n) is 5.47. The second-order valence-corrected chi connectivity index (χ2v) is 7.12. The van der Waals surface area contributed by atoms with Gasteiger partial charge in [0.25, 0.3) is 0 Å². The number of anilines is 1. The van der Waals surface area contributed by atoms with Gasteiger partial charge < -0.3 is 23.7 Å². The third kappa shape index (κ3) is 3.35. The third-order valence-corrected chi connectivity index (χ3v) is 5.47. The summed E-state index contributed by atoms with van der Waals surface area (Å²) in [4.78, 5) is 15.6. The molecule has 0 saturated carbocycles. The Balaban J connectivity index is 1.41. The molecule has 8 nitrogen and oxygen atoms in total. The van der Waals surface area contributed by atoms with Gasteiger partial charge in [-0.25, -0.2) is 15.0 Å². The second kappa shape index (κ2) is 7.62. The van der Waals surface area contributed by atoms with E-state index in [1.807, 2.05) is 30.6 Å². The van der Waals surface area contributed by atoms with Gasteiger partial charge >= 0.3 is 0 Å². The quantitative estimate of drug-likeness (QED) is 0.675. The van der Waals surface area contributed by atoms with Crippen LogP contribution in [0.2, 0.25) is 0 Å². The van der Waals surface area contributed by atoms with Crippen molar-refractivity contribution in [2.75, 3.05) is 38.3 Å². The fraction of sp³-hybridized carbons (Fsp3) is 0.381. The molecule has 29 heavy (non-hydrogen) atoms. The molecule has 2 aromatic heterocycles. The molecule has 8 heteroatoms. The van der Waals surface area contributed by atoms with Crippen molar-refractivity contribution in [1.82, 2.24) is 19.5 Å². The molecule has 0 bridgehead atoms. The molecular formula is C21H23N5O3. The van der Waals surface area contributed by atoms with Gasteiger partial charge in [-0.1, -0.05) is 0 Å². The Morgan fingerprint density at radius 3 is 2.41 bits per heavy atom. The van der Waals surface area contributed by atoms with E-state index in [1.54, 1.807) is 19.5 Å². The van der Waals surface area contributed by atoms with Crippen molar-refractivity contribution in [3.8, 4) is 28.6 Å². The normalized spacial score (nSPS) is 16.7.